The number of allylic oxidation sites excluding steroid dienone is 2. The lowest BCUT2D eigenvalue weighted by atomic mass is 10.3. The lowest BCUT2D eigenvalue weighted by molar-refractivity contribution is 0.858. The van der Waals surface area contributed by atoms with Gasteiger partial charge in [-0.2, -0.15) is 5.10 Å². The van der Waals surface area contributed by atoms with Gasteiger partial charge in [-0.3, -0.25) is 5.43 Å². The first-order chi connectivity index (χ1) is 5.66. The molecule has 0 aromatic heterocycles. The molecule has 0 heterocycles. The van der Waals surface area contributed by atoms with Crippen LogP contribution in [-0.2, 0) is 0 Å². The Morgan fingerprint density at radius 3 is 2.75 bits per heavy atom. The lowest BCUT2D eigenvalue weighted by Gasteiger charge is -1.98. The Hall–Kier alpha value is -1.05. The Labute approximate surface area is 75.1 Å². The van der Waals surface area contributed by atoms with Crippen molar-refractivity contribution in [1.29, 1.82) is 0 Å². The third-order valence-corrected chi connectivity index (χ3v) is 1.14. The van der Waals surface area contributed by atoms with Crippen LogP contribution < -0.4 is 5.43 Å². The van der Waals surface area contributed by atoms with Gasteiger partial charge in [0, 0.05) is 11.9 Å². The predicted octanol–water partition coefficient (Wildman–Crippen LogP) is 2.70. The van der Waals surface area contributed by atoms with Gasteiger partial charge in [0.05, 0.1) is 0 Å². The molecule has 0 saturated carbocycles. The molecule has 0 amide bonds. The average Bonchev–Trinajstić information content (AvgIpc) is 2.00. The number of hydrogen-bond acceptors (Lipinski definition) is 2. The van der Waals surface area contributed by atoms with Gasteiger partial charge in [-0.1, -0.05) is 33.4 Å². The van der Waals surface area contributed by atoms with Crippen molar-refractivity contribution in [3.63, 3.8) is 0 Å². The molecule has 12 heavy (non-hydrogen) atoms. The number of nitrogens with zero attached hydrogens (tertiary/aromatic N) is 1. The summed E-state index contributed by atoms with van der Waals surface area (Å²) >= 11 is 0. The van der Waals surface area contributed by atoms with E-state index < -0.39 is 0 Å². The first kappa shape index (κ1) is 11.0. The molecule has 2 nitrogen and oxygen atoms in total. The summed E-state index contributed by atoms with van der Waals surface area (Å²) < 4.78 is 0. The van der Waals surface area contributed by atoms with Gasteiger partial charge in [-0.05, 0) is 18.4 Å². The molecule has 0 saturated heterocycles. The quantitative estimate of drug-likeness (QED) is 0.379. The minimum atomic E-state index is 0.473. The van der Waals surface area contributed by atoms with Gasteiger partial charge in [0.1, 0.15) is 0 Å². The molecule has 0 atom stereocenters. The maximum atomic E-state index is 4.00. The summed E-state index contributed by atoms with van der Waals surface area (Å²) in [7, 11) is 0. The van der Waals surface area contributed by atoms with Crippen molar-refractivity contribution in [3.05, 3.63) is 24.4 Å². The normalized spacial score (nSPS) is 11.7. The zero-order chi connectivity index (χ0) is 9.40. The van der Waals surface area contributed by atoms with Gasteiger partial charge in [-0.15, -0.1) is 0 Å². The highest BCUT2D eigenvalue weighted by Gasteiger charge is 1.84. The van der Waals surface area contributed by atoms with E-state index in [2.05, 4.69) is 37.9 Å². The van der Waals surface area contributed by atoms with Crippen molar-refractivity contribution in [2.24, 2.45) is 11.0 Å². The highest BCUT2D eigenvalue weighted by molar-refractivity contribution is 5.59. The third-order valence-electron chi connectivity index (χ3n) is 1.14. The van der Waals surface area contributed by atoms with Gasteiger partial charge in [-0.25, -0.2) is 0 Å². The van der Waals surface area contributed by atoms with Crippen LogP contribution in [0.2, 0.25) is 0 Å². The highest BCUT2D eigenvalue weighted by Crippen LogP contribution is 1.90. The predicted molar refractivity (Wildman–Crippen MR) is 55.0 cm³/mol. The van der Waals surface area contributed by atoms with Crippen LogP contribution in [0.4, 0.5) is 0 Å². The molecule has 1 N–H and O–H groups in total. The van der Waals surface area contributed by atoms with Crippen LogP contribution >= 0.6 is 0 Å². The standard InChI is InChI=1S/C10H18N2/c1-5-6-7-10(4)12-11-8-9(2)3/h6-9,12H,4-5H2,1-3H3/b7-6-,11-8-. The molecule has 0 aliphatic rings. The molecular weight excluding hydrogens is 148 g/mol. The van der Waals surface area contributed by atoms with Crippen LogP contribution in [0, 0.1) is 5.92 Å². The molecule has 0 aliphatic carbocycles. The van der Waals surface area contributed by atoms with Crippen molar-refractivity contribution >= 4 is 6.21 Å². The highest BCUT2D eigenvalue weighted by atomic mass is 15.3. The maximum absolute atomic E-state index is 4.00. The van der Waals surface area contributed by atoms with E-state index in [4.69, 9.17) is 0 Å². The van der Waals surface area contributed by atoms with Gasteiger partial charge in [0.2, 0.25) is 0 Å². The zero-order valence-corrected chi connectivity index (χ0v) is 8.17. The average molecular weight is 166 g/mol. The SMILES string of the molecule is C=C(/C=C\CC)N/N=C\C(C)C. The summed E-state index contributed by atoms with van der Waals surface area (Å²) in [5, 5.41) is 4.00. The van der Waals surface area contributed by atoms with Crippen LogP contribution in [0.5, 0.6) is 0 Å². The largest absolute Gasteiger partial charge is 0.279 e. The Balaban J connectivity index is 3.64. The fourth-order valence-corrected chi connectivity index (χ4v) is 0.567. The molecule has 0 aromatic rings. The molecule has 0 radical (unpaired) electrons. The van der Waals surface area contributed by atoms with Crippen molar-refractivity contribution in [3.8, 4) is 0 Å². The molecule has 68 valence electrons. The molecule has 0 fully saturated rings. The molecule has 2 heteroatoms. The Bertz CT molecular complexity index is 178. The summed E-state index contributed by atoms with van der Waals surface area (Å²) in [5.74, 6) is 0.473. The van der Waals surface area contributed by atoms with Crippen molar-refractivity contribution < 1.29 is 0 Å². The number of hydrogen-bond donors (Lipinski definition) is 1. The van der Waals surface area contributed by atoms with E-state index in [9.17, 15) is 0 Å². The minimum Gasteiger partial charge on any atom is -0.279 e. The molecular formula is C10H18N2. The Morgan fingerprint density at radius 2 is 2.25 bits per heavy atom. The van der Waals surface area contributed by atoms with Crippen LogP contribution in [0.1, 0.15) is 27.2 Å². The van der Waals surface area contributed by atoms with E-state index in [1.165, 1.54) is 0 Å². The Kier molecular flexibility index (Phi) is 6.07. The zero-order valence-electron chi connectivity index (χ0n) is 8.17. The summed E-state index contributed by atoms with van der Waals surface area (Å²) in [6, 6.07) is 0. The fraction of sp³-hybridized carbons (Fsp3) is 0.500. The van der Waals surface area contributed by atoms with Crippen LogP contribution in [-0.4, -0.2) is 6.21 Å². The molecule has 0 bridgehead atoms. The van der Waals surface area contributed by atoms with Gasteiger partial charge in [0.25, 0.3) is 0 Å². The van der Waals surface area contributed by atoms with Gasteiger partial charge < -0.3 is 0 Å². The first-order valence-electron chi connectivity index (χ1n) is 4.31. The second-order valence-electron chi connectivity index (χ2n) is 2.97. The molecule has 0 unspecified atom stereocenters. The number of hydrazone groups is 1. The summed E-state index contributed by atoms with van der Waals surface area (Å²) in [6.07, 6.45) is 6.84. The Morgan fingerprint density at radius 1 is 1.58 bits per heavy atom. The minimum absolute atomic E-state index is 0.473. The van der Waals surface area contributed by atoms with E-state index in [1.807, 2.05) is 18.4 Å². The summed E-state index contributed by atoms with van der Waals surface area (Å²) in [5.41, 5.74) is 3.66. The van der Waals surface area contributed by atoms with E-state index in [0.29, 0.717) is 5.92 Å². The van der Waals surface area contributed by atoms with Gasteiger partial charge in [0.15, 0.2) is 0 Å². The number of nitrogens with one attached hydrogen (secondary N) is 1. The van der Waals surface area contributed by atoms with Crippen LogP contribution in [0.25, 0.3) is 0 Å². The molecule has 0 rings (SSSR count). The number of rotatable bonds is 5. The summed E-state index contributed by atoms with van der Waals surface area (Å²) in [6.45, 7) is 10.0. The van der Waals surface area contributed by atoms with Crippen LogP contribution in [0.15, 0.2) is 29.5 Å². The van der Waals surface area contributed by atoms with Crippen molar-refractivity contribution in [1.82, 2.24) is 5.43 Å². The smallest absolute Gasteiger partial charge is 0.0486 e. The topological polar surface area (TPSA) is 24.4 Å². The van der Waals surface area contributed by atoms with Crippen molar-refractivity contribution in [2.75, 3.05) is 0 Å². The van der Waals surface area contributed by atoms with Crippen molar-refractivity contribution in [2.45, 2.75) is 27.2 Å². The third kappa shape index (κ3) is 7.06. The fourth-order valence-electron chi connectivity index (χ4n) is 0.567. The second-order valence-corrected chi connectivity index (χ2v) is 2.97. The van der Waals surface area contributed by atoms with E-state index in [1.54, 1.807) is 0 Å². The van der Waals surface area contributed by atoms with E-state index in [-0.39, 0.29) is 0 Å². The maximum Gasteiger partial charge on any atom is 0.0486 e. The molecule has 0 aromatic carbocycles. The van der Waals surface area contributed by atoms with E-state index in [0.717, 1.165) is 12.1 Å². The van der Waals surface area contributed by atoms with E-state index >= 15 is 0 Å². The molecule has 0 spiro atoms. The first-order valence-corrected chi connectivity index (χ1v) is 4.31. The summed E-state index contributed by atoms with van der Waals surface area (Å²) in [4.78, 5) is 0. The van der Waals surface area contributed by atoms with Gasteiger partial charge >= 0.3 is 0 Å². The molecule has 0 aliphatic heterocycles. The monoisotopic (exact) mass is 166 g/mol. The second kappa shape index (κ2) is 6.65. The van der Waals surface area contributed by atoms with Crippen LogP contribution in [0.3, 0.4) is 0 Å². The lowest BCUT2D eigenvalue weighted by Crippen LogP contribution is -2.03.